The fourth-order valence-electron chi connectivity index (χ4n) is 3.15. The second-order valence-electron chi connectivity index (χ2n) is 6.86. The number of phenols is 2. The summed E-state index contributed by atoms with van der Waals surface area (Å²) in [6.45, 7) is 0. The smallest absolute Gasteiger partial charge is 0.259 e. The Bertz CT molecular complexity index is 1340. The van der Waals surface area contributed by atoms with Crippen LogP contribution in [0.5, 0.6) is 17.2 Å². The molecule has 4 aromatic carbocycles. The van der Waals surface area contributed by atoms with Crippen molar-refractivity contribution in [3.8, 4) is 17.2 Å². The normalized spacial score (nSPS) is 11.1. The first kappa shape index (κ1) is 21.1. The van der Waals surface area contributed by atoms with Crippen LogP contribution in [0.15, 0.2) is 83.0 Å². The molecule has 0 saturated heterocycles. The first-order chi connectivity index (χ1) is 15.5. The van der Waals surface area contributed by atoms with Gasteiger partial charge >= 0.3 is 0 Å². The van der Waals surface area contributed by atoms with Crippen molar-refractivity contribution in [1.82, 2.24) is 0 Å². The van der Waals surface area contributed by atoms with Gasteiger partial charge in [0, 0.05) is 22.5 Å². The Morgan fingerprint density at radius 2 is 1.59 bits per heavy atom. The molecule has 0 spiro atoms. The lowest BCUT2D eigenvalue weighted by Gasteiger charge is -2.11. The van der Waals surface area contributed by atoms with Crippen molar-refractivity contribution >= 4 is 45.3 Å². The Morgan fingerprint density at radius 1 is 0.906 bits per heavy atom. The third-order valence-corrected chi connectivity index (χ3v) is 5.09. The minimum absolute atomic E-state index is 0.0153. The summed E-state index contributed by atoms with van der Waals surface area (Å²) in [7, 11) is 1.56. The zero-order chi connectivity index (χ0) is 22.7. The van der Waals surface area contributed by atoms with E-state index in [-0.39, 0.29) is 22.1 Å². The summed E-state index contributed by atoms with van der Waals surface area (Å²) in [4.78, 5) is 12.9. The first-order valence-corrected chi connectivity index (χ1v) is 9.94. The molecule has 0 aliphatic heterocycles. The molecule has 0 aromatic heterocycles. The van der Waals surface area contributed by atoms with Crippen LogP contribution >= 0.6 is 11.6 Å². The number of anilines is 1. The van der Waals surface area contributed by atoms with E-state index in [4.69, 9.17) is 16.3 Å². The molecule has 32 heavy (non-hydrogen) atoms. The second-order valence-corrected chi connectivity index (χ2v) is 7.26. The van der Waals surface area contributed by atoms with Crippen LogP contribution < -0.4 is 10.1 Å². The van der Waals surface area contributed by atoms with Gasteiger partial charge in [0.25, 0.3) is 5.91 Å². The van der Waals surface area contributed by atoms with Gasteiger partial charge in [0.2, 0.25) is 0 Å². The van der Waals surface area contributed by atoms with E-state index in [2.05, 4.69) is 15.5 Å². The fraction of sp³-hybridized carbons (Fsp3) is 0.0417. The average molecular weight is 448 g/mol. The van der Waals surface area contributed by atoms with Crippen LogP contribution in [0.3, 0.4) is 0 Å². The fourth-order valence-corrected chi connectivity index (χ4v) is 3.37. The van der Waals surface area contributed by atoms with Gasteiger partial charge in [0.1, 0.15) is 22.9 Å². The molecule has 0 fully saturated rings. The molecule has 0 saturated carbocycles. The lowest BCUT2D eigenvalue weighted by molar-refractivity contribution is 0.102. The summed E-state index contributed by atoms with van der Waals surface area (Å²) in [6, 6.07) is 19.7. The maximum atomic E-state index is 12.9. The number of ether oxygens (including phenoxy) is 1. The Morgan fingerprint density at radius 3 is 2.28 bits per heavy atom. The minimum atomic E-state index is -0.502. The van der Waals surface area contributed by atoms with Crippen LogP contribution in [0.2, 0.25) is 5.02 Å². The van der Waals surface area contributed by atoms with Crippen molar-refractivity contribution < 1.29 is 19.7 Å². The van der Waals surface area contributed by atoms with E-state index in [9.17, 15) is 15.0 Å². The van der Waals surface area contributed by atoms with Gasteiger partial charge in [-0.25, -0.2) is 0 Å². The summed E-state index contributed by atoms with van der Waals surface area (Å²) in [5.74, 6) is 0.0134. The molecular weight excluding hydrogens is 430 g/mol. The molecular formula is C24H18ClN3O4. The SMILES string of the molecule is COc1ccc(NC(=O)c2cc(N=Nc3ccc(O)cc3Cl)c3ccccc3c2O)cc1. The van der Waals surface area contributed by atoms with Gasteiger partial charge in [-0.2, -0.15) is 0 Å². The standard InChI is InChI=1S/C24H18ClN3O4/c1-32-16-9-6-14(7-10-16)26-24(31)19-13-22(17-4-2-3-5-18(17)23(19)30)28-27-21-11-8-15(29)12-20(21)25/h2-13,29-30H,1H3,(H,26,31). The number of phenolic OH excluding ortho intramolecular Hbond substituents is 2. The van der Waals surface area contributed by atoms with Crippen molar-refractivity contribution in [2.24, 2.45) is 10.2 Å². The highest BCUT2D eigenvalue weighted by atomic mass is 35.5. The zero-order valence-electron chi connectivity index (χ0n) is 16.9. The highest BCUT2D eigenvalue weighted by Gasteiger charge is 2.17. The molecule has 0 atom stereocenters. The van der Waals surface area contributed by atoms with Crippen molar-refractivity contribution in [2.45, 2.75) is 0 Å². The third-order valence-electron chi connectivity index (χ3n) is 4.78. The number of rotatable bonds is 5. The lowest BCUT2D eigenvalue weighted by Crippen LogP contribution is -2.12. The van der Waals surface area contributed by atoms with E-state index >= 15 is 0 Å². The number of carbonyl (C=O) groups excluding carboxylic acids is 1. The van der Waals surface area contributed by atoms with Crippen molar-refractivity contribution in [1.29, 1.82) is 0 Å². The maximum absolute atomic E-state index is 12.9. The van der Waals surface area contributed by atoms with Crippen molar-refractivity contribution in [2.75, 3.05) is 12.4 Å². The van der Waals surface area contributed by atoms with Crippen LogP contribution in [-0.4, -0.2) is 23.2 Å². The number of halogens is 1. The molecule has 0 bridgehead atoms. The quantitative estimate of drug-likeness (QED) is 0.300. The predicted octanol–water partition coefficient (Wildman–Crippen LogP) is 6.58. The van der Waals surface area contributed by atoms with Gasteiger partial charge in [0.05, 0.1) is 23.4 Å². The second kappa shape index (κ2) is 8.95. The number of fused-ring (bicyclic) bond motifs is 1. The molecule has 7 nitrogen and oxygen atoms in total. The van der Waals surface area contributed by atoms with Crippen LogP contribution in [0, 0.1) is 0 Å². The number of nitrogens with zero attached hydrogens (tertiary/aromatic N) is 2. The molecule has 0 heterocycles. The summed E-state index contributed by atoms with van der Waals surface area (Å²) in [5, 5.41) is 32.7. The van der Waals surface area contributed by atoms with Gasteiger partial charge in [-0.3, -0.25) is 4.79 Å². The third kappa shape index (κ3) is 4.33. The Labute approximate surface area is 188 Å². The molecule has 0 unspecified atom stereocenters. The number of azo groups is 1. The van der Waals surface area contributed by atoms with E-state index in [0.717, 1.165) is 0 Å². The van der Waals surface area contributed by atoms with E-state index in [1.54, 1.807) is 55.6 Å². The van der Waals surface area contributed by atoms with Gasteiger partial charge < -0.3 is 20.3 Å². The van der Waals surface area contributed by atoms with E-state index in [1.807, 2.05) is 0 Å². The van der Waals surface area contributed by atoms with Gasteiger partial charge in [-0.1, -0.05) is 35.9 Å². The maximum Gasteiger partial charge on any atom is 0.259 e. The zero-order valence-corrected chi connectivity index (χ0v) is 17.7. The van der Waals surface area contributed by atoms with Gasteiger partial charge in [0.15, 0.2) is 0 Å². The monoisotopic (exact) mass is 447 g/mol. The molecule has 8 heteroatoms. The topological polar surface area (TPSA) is 104 Å². The van der Waals surface area contributed by atoms with Crippen LogP contribution in [-0.2, 0) is 0 Å². The van der Waals surface area contributed by atoms with E-state index in [1.165, 1.54) is 24.3 Å². The van der Waals surface area contributed by atoms with Crippen molar-refractivity contribution in [3.05, 3.63) is 83.4 Å². The Hall–Kier alpha value is -4.10. The molecule has 0 aliphatic rings. The van der Waals surface area contributed by atoms with Crippen LogP contribution in [0.1, 0.15) is 10.4 Å². The van der Waals surface area contributed by atoms with Gasteiger partial charge in [-0.15, -0.1) is 10.2 Å². The summed E-state index contributed by atoms with van der Waals surface area (Å²) in [5.41, 5.74) is 1.32. The summed E-state index contributed by atoms with van der Waals surface area (Å²) >= 11 is 6.11. The van der Waals surface area contributed by atoms with Crippen LogP contribution in [0.4, 0.5) is 17.1 Å². The molecule has 3 N–H and O–H groups in total. The first-order valence-electron chi connectivity index (χ1n) is 9.56. The number of hydrogen-bond acceptors (Lipinski definition) is 6. The number of aromatic hydroxyl groups is 2. The average Bonchev–Trinajstić information content (AvgIpc) is 2.80. The number of amides is 1. The summed E-state index contributed by atoms with van der Waals surface area (Å²) < 4.78 is 5.12. The van der Waals surface area contributed by atoms with E-state index in [0.29, 0.717) is 33.6 Å². The molecule has 1 amide bonds. The van der Waals surface area contributed by atoms with Crippen LogP contribution in [0.25, 0.3) is 10.8 Å². The molecule has 0 radical (unpaired) electrons. The molecule has 160 valence electrons. The highest BCUT2D eigenvalue weighted by molar-refractivity contribution is 6.33. The Balaban J connectivity index is 1.73. The number of benzene rings is 4. The van der Waals surface area contributed by atoms with Crippen molar-refractivity contribution in [3.63, 3.8) is 0 Å². The number of methoxy groups -OCH3 is 1. The van der Waals surface area contributed by atoms with E-state index < -0.39 is 5.91 Å². The number of hydrogen-bond donors (Lipinski definition) is 3. The lowest BCUT2D eigenvalue weighted by atomic mass is 10.0. The minimum Gasteiger partial charge on any atom is -0.508 e. The predicted molar refractivity (Wildman–Crippen MR) is 124 cm³/mol. The molecule has 0 aliphatic carbocycles. The highest BCUT2D eigenvalue weighted by Crippen LogP contribution is 2.38. The molecule has 4 aromatic rings. The summed E-state index contributed by atoms with van der Waals surface area (Å²) in [6.07, 6.45) is 0. The largest absolute Gasteiger partial charge is 0.508 e. The molecule has 4 rings (SSSR count). The number of carbonyl (C=O) groups is 1. The number of nitrogens with one attached hydrogen (secondary N) is 1. The van der Waals surface area contributed by atoms with Gasteiger partial charge in [-0.05, 0) is 42.5 Å². The Kier molecular flexibility index (Phi) is 5.91.